The molecule has 0 fully saturated rings. The van der Waals surface area contributed by atoms with Crippen molar-refractivity contribution in [2.45, 2.75) is 6.05 Å². The fourth-order valence-electron chi connectivity index (χ4n) is 0.552. The molecule has 0 saturated carbocycles. The fourth-order valence-corrected chi connectivity index (χ4v) is 0.838. The first-order valence-corrected chi connectivity index (χ1v) is 3.55. The molecule has 0 saturated heterocycles. The number of aliphatic hydroxyl groups is 1. The van der Waals surface area contributed by atoms with Crippen molar-refractivity contribution in [3.8, 4) is 0 Å². The van der Waals surface area contributed by atoms with Crippen LogP contribution in [-0.4, -0.2) is 21.5 Å². The number of hydrogen-bond donors (Lipinski definition) is 1. The quantitative estimate of drug-likeness (QED) is 0.823. The molecule has 0 bridgehead atoms. The largest absolute Gasteiger partial charge is 0.388 e. The molecule has 3 nitrogen and oxygen atoms in total. The van der Waals surface area contributed by atoms with Gasteiger partial charge in [0.15, 0.2) is 0 Å². The summed E-state index contributed by atoms with van der Waals surface area (Å²) in [6.07, 6.45) is 2.32. The molecule has 0 aliphatic rings. The topological polar surface area (TPSA) is 38.0 Å². The van der Waals surface area contributed by atoms with Gasteiger partial charge in [-0.05, 0) is 15.9 Å². The molecule has 1 aromatic rings. The molecule has 0 radical (unpaired) electrons. The second kappa shape index (κ2) is 2.86. The third-order valence-corrected chi connectivity index (χ3v) is 1.49. The van der Waals surface area contributed by atoms with E-state index in [1.54, 1.807) is 0 Å². The summed E-state index contributed by atoms with van der Waals surface area (Å²) in [5.74, 6) is 0. The lowest BCUT2D eigenvalue weighted by molar-refractivity contribution is -0.130. The third-order valence-electron chi connectivity index (χ3n) is 1.08. The summed E-state index contributed by atoms with van der Waals surface area (Å²) >= 11 is 2.96. The smallest absolute Gasteiger partial charge is 0.366 e. The summed E-state index contributed by atoms with van der Waals surface area (Å²) < 4.78 is 25.9. The molecule has 0 atom stereocenters. The maximum atomic E-state index is 12.5. The molecule has 1 rings (SSSR count). The highest BCUT2D eigenvalue weighted by Crippen LogP contribution is 2.20. The molecule has 0 aliphatic heterocycles. The van der Waals surface area contributed by atoms with Gasteiger partial charge in [-0.3, -0.25) is 0 Å². The predicted octanol–water partition coefficient (Wildman–Crippen LogP) is 1.19. The van der Waals surface area contributed by atoms with Gasteiger partial charge in [0, 0.05) is 6.20 Å². The van der Waals surface area contributed by atoms with Gasteiger partial charge in [-0.15, -0.1) is 0 Å². The third kappa shape index (κ3) is 1.75. The molecule has 0 amide bonds. The number of nitrogens with zero attached hydrogens (tertiary/aromatic N) is 2. The molecule has 1 heterocycles. The monoisotopic (exact) mass is 226 g/mol. The molecule has 0 spiro atoms. The minimum atomic E-state index is -3.31. The number of rotatable bonds is 2. The molecule has 6 heteroatoms. The summed E-state index contributed by atoms with van der Waals surface area (Å²) in [7, 11) is 0. The summed E-state index contributed by atoms with van der Waals surface area (Å²) in [5.41, 5.74) is 0. The van der Waals surface area contributed by atoms with E-state index in [0.29, 0.717) is 9.15 Å². The van der Waals surface area contributed by atoms with Gasteiger partial charge in [0.05, 0.1) is 10.7 Å². The van der Waals surface area contributed by atoms with Crippen molar-refractivity contribution in [1.82, 2.24) is 9.78 Å². The molecular formula is C5H5BrF2N2O. The summed E-state index contributed by atoms with van der Waals surface area (Å²) in [6, 6.07) is -3.31. The number of hydrogen-bond acceptors (Lipinski definition) is 2. The average Bonchev–Trinajstić information content (AvgIpc) is 2.36. The fraction of sp³-hybridized carbons (Fsp3) is 0.400. The molecule has 62 valence electrons. The lowest BCUT2D eigenvalue weighted by atomic mass is 10.6. The van der Waals surface area contributed by atoms with Gasteiger partial charge in [0.1, 0.15) is 6.61 Å². The van der Waals surface area contributed by atoms with Crippen LogP contribution in [0.25, 0.3) is 0 Å². The summed E-state index contributed by atoms with van der Waals surface area (Å²) in [5, 5.41) is 11.5. The Kier molecular flexibility index (Phi) is 2.24. The zero-order valence-corrected chi connectivity index (χ0v) is 6.92. The van der Waals surface area contributed by atoms with Crippen LogP contribution in [0.15, 0.2) is 16.9 Å². The second-order valence-electron chi connectivity index (χ2n) is 1.93. The number of alkyl halides is 2. The van der Waals surface area contributed by atoms with Crippen molar-refractivity contribution >= 4 is 15.9 Å². The Morgan fingerprint density at radius 3 is 2.73 bits per heavy atom. The highest BCUT2D eigenvalue weighted by molar-refractivity contribution is 9.10. The molecule has 0 unspecified atom stereocenters. The molecule has 1 N–H and O–H groups in total. The van der Waals surface area contributed by atoms with Crippen LogP contribution in [0, 0.1) is 0 Å². The van der Waals surface area contributed by atoms with Gasteiger partial charge < -0.3 is 5.11 Å². The summed E-state index contributed by atoms with van der Waals surface area (Å²) in [6.45, 7) is -1.25. The van der Waals surface area contributed by atoms with E-state index in [1.165, 1.54) is 6.20 Å². The molecule has 1 aromatic heterocycles. The van der Waals surface area contributed by atoms with E-state index in [9.17, 15) is 8.78 Å². The van der Waals surface area contributed by atoms with Gasteiger partial charge in [-0.1, -0.05) is 0 Å². The van der Waals surface area contributed by atoms with Crippen molar-refractivity contribution in [3.05, 3.63) is 16.9 Å². The van der Waals surface area contributed by atoms with Crippen LogP contribution in [0.2, 0.25) is 0 Å². The Morgan fingerprint density at radius 2 is 2.36 bits per heavy atom. The SMILES string of the molecule is OCC(F)(F)n1cc(Br)cn1. The Morgan fingerprint density at radius 1 is 1.73 bits per heavy atom. The van der Waals surface area contributed by atoms with Gasteiger partial charge >= 0.3 is 6.05 Å². The van der Waals surface area contributed by atoms with Crippen LogP contribution in [0.3, 0.4) is 0 Å². The van der Waals surface area contributed by atoms with E-state index >= 15 is 0 Å². The molecule has 11 heavy (non-hydrogen) atoms. The second-order valence-corrected chi connectivity index (χ2v) is 2.84. The lowest BCUT2D eigenvalue weighted by Crippen LogP contribution is -2.27. The number of halogens is 3. The maximum Gasteiger partial charge on any atom is 0.366 e. The Hall–Kier alpha value is -0.490. The average molecular weight is 227 g/mol. The Labute approximate surface area is 69.8 Å². The van der Waals surface area contributed by atoms with Gasteiger partial charge in [-0.25, -0.2) is 4.68 Å². The minimum absolute atomic E-state index is 0.400. The zero-order valence-electron chi connectivity index (χ0n) is 5.34. The zero-order chi connectivity index (χ0) is 8.48. The van der Waals surface area contributed by atoms with Crippen LogP contribution in [0.1, 0.15) is 0 Å². The molecular weight excluding hydrogens is 222 g/mol. The maximum absolute atomic E-state index is 12.5. The first-order valence-electron chi connectivity index (χ1n) is 2.75. The highest BCUT2D eigenvalue weighted by Gasteiger charge is 2.30. The molecule has 0 aliphatic carbocycles. The minimum Gasteiger partial charge on any atom is -0.388 e. The van der Waals surface area contributed by atoms with Crippen molar-refractivity contribution in [3.63, 3.8) is 0 Å². The van der Waals surface area contributed by atoms with E-state index in [0.717, 1.165) is 6.20 Å². The summed E-state index contributed by atoms with van der Waals surface area (Å²) in [4.78, 5) is 0. The van der Waals surface area contributed by atoms with Gasteiger partial charge in [-0.2, -0.15) is 13.9 Å². The van der Waals surface area contributed by atoms with Crippen molar-refractivity contribution in [2.24, 2.45) is 0 Å². The lowest BCUT2D eigenvalue weighted by Gasteiger charge is -2.12. The van der Waals surface area contributed by atoms with Gasteiger partial charge in [0.2, 0.25) is 0 Å². The van der Waals surface area contributed by atoms with Crippen molar-refractivity contribution < 1.29 is 13.9 Å². The van der Waals surface area contributed by atoms with E-state index in [4.69, 9.17) is 5.11 Å². The number of aliphatic hydroxyl groups excluding tert-OH is 1. The van der Waals surface area contributed by atoms with Crippen molar-refractivity contribution in [2.75, 3.05) is 6.61 Å². The van der Waals surface area contributed by atoms with Crippen molar-refractivity contribution in [1.29, 1.82) is 0 Å². The number of aromatic nitrogens is 2. The Bertz CT molecular complexity index is 250. The molecule has 0 aromatic carbocycles. The first-order chi connectivity index (χ1) is 5.06. The predicted molar refractivity (Wildman–Crippen MR) is 37.2 cm³/mol. The van der Waals surface area contributed by atoms with E-state index in [-0.39, 0.29) is 0 Å². The van der Waals surface area contributed by atoms with Crippen LogP contribution >= 0.6 is 15.9 Å². The normalized spacial score (nSPS) is 12.0. The Balaban J connectivity index is 2.92. The highest BCUT2D eigenvalue weighted by atomic mass is 79.9. The first kappa shape index (κ1) is 8.61. The van der Waals surface area contributed by atoms with E-state index < -0.39 is 12.7 Å². The van der Waals surface area contributed by atoms with Gasteiger partial charge in [0.25, 0.3) is 0 Å². The van der Waals surface area contributed by atoms with Crippen LogP contribution in [0.5, 0.6) is 0 Å². The van der Waals surface area contributed by atoms with Crippen LogP contribution in [-0.2, 0) is 6.05 Å². The standard InChI is InChI=1S/C5H5BrF2N2O/c6-4-1-9-10(2-4)5(7,8)3-11/h1-2,11H,3H2. The van der Waals surface area contributed by atoms with E-state index in [2.05, 4.69) is 21.0 Å². The van der Waals surface area contributed by atoms with Crippen LogP contribution < -0.4 is 0 Å². The van der Waals surface area contributed by atoms with E-state index in [1.807, 2.05) is 0 Å². The van der Waals surface area contributed by atoms with Crippen LogP contribution in [0.4, 0.5) is 8.78 Å².